The molecule has 0 atom stereocenters. The van der Waals surface area contributed by atoms with Gasteiger partial charge >= 0.3 is 0 Å². The minimum atomic E-state index is -0.0561. The van der Waals surface area contributed by atoms with Crippen molar-refractivity contribution in [3.05, 3.63) is 58.1 Å². The summed E-state index contributed by atoms with van der Waals surface area (Å²) in [4.78, 5) is 19.8. The molecule has 4 heteroatoms. The van der Waals surface area contributed by atoms with E-state index in [4.69, 9.17) is 0 Å². The van der Waals surface area contributed by atoms with Crippen LogP contribution in [-0.4, -0.2) is 15.8 Å². The zero-order valence-corrected chi connectivity index (χ0v) is 10.2. The van der Waals surface area contributed by atoms with E-state index < -0.39 is 0 Å². The fraction of sp³-hybridized carbons (Fsp3) is 0.0833. The molecule has 80 valence electrons. The van der Waals surface area contributed by atoms with Crippen molar-refractivity contribution in [2.75, 3.05) is 0 Å². The lowest BCUT2D eigenvalue weighted by molar-refractivity contribution is 0.103. The van der Waals surface area contributed by atoms with E-state index in [2.05, 4.69) is 25.9 Å². The monoisotopic (exact) mass is 276 g/mol. The van der Waals surface area contributed by atoms with Gasteiger partial charge in [0.25, 0.3) is 0 Å². The lowest BCUT2D eigenvalue weighted by Gasteiger charge is -2.04. The highest BCUT2D eigenvalue weighted by molar-refractivity contribution is 9.10. The molecule has 0 saturated heterocycles. The van der Waals surface area contributed by atoms with Gasteiger partial charge < -0.3 is 0 Å². The normalized spacial score (nSPS) is 10.1. The highest BCUT2D eigenvalue weighted by Gasteiger charge is 2.12. The van der Waals surface area contributed by atoms with Gasteiger partial charge in [0.1, 0.15) is 6.33 Å². The molecule has 1 heterocycles. The third-order valence-corrected chi connectivity index (χ3v) is 2.76. The predicted molar refractivity (Wildman–Crippen MR) is 64.3 cm³/mol. The quantitative estimate of drug-likeness (QED) is 0.793. The summed E-state index contributed by atoms with van der Waals surface area (Å²) in [5, 5.41) is 0. The first kappa shape index (κ1) is 11.0. The number of aryl methyl sites for hydroxylation is 1. The number of nitrogens with zero attached hydrogens (tertiary/aromatic N) is 2. The average Bonchev–Trinajstić information content (AvgIpc) is 2.32. The Balaban J connectivity index is 2.46. The lowest BCUT2D eigenvalue weighted by atomic mass is 10.0. The number of benzene rings is 1. The number of hydrogen-bond donors (Lipinski definition) is 0. The van der Waals surface area contributed by atoms with Crippen LogP contribution < -0.4 is 0 Å². The molecule has 16 heavy (non-hydrogen) atoms. The second-order valence-electron chi connectivity index (χ2n) is 3.42. The molecule has 0 N–H and O–H groups in total. The van der Waals surface area contributed by atoms with Gasteiger partial charge in [-0.15, -0.1) is 0 Å². The number of rotatable bonds is 2. The number of carbonyl (C=O) groups is 1. The van der Waals surface area contributed by atoms with Gasteiger partial charge in [0.15, 0.2) is 5.78 Å². The minimum Gasteiger partial charge on any atom is -0.288 e. The molecule has 0 aliphatic rings. The number of ketones is 1. The Hall–Kier alpha value is -1.55. The van der Waals surface area contributed by atoms with E-state index >= 15 is 0 Å². The Labute approximate surface area is 102 Å². The fourth-order valence-corrected chi connectivity index (χ4v) is 1.77. The highest BCUT2D eigenvalue weighted by Crippen LogP contribution is 2.18. The Morgan fingerprint density at radius 2 is 1.94 bits per heavy atom. The summed E-state index contributed by atoms with van der Waals surface area (Å²) in [5.41, 5.74) is 2.12. The van der Waals surface area contributed by atoms with E-state index in [1.807, 2.05) is 25.1 Å². The first-order chi connectivity index (χ1) is 7.68. The zero-order valence-electron chi connectivity index (χ0n) is 8.64. The molecule has 0 saturated carbocycles. The Kier molecular flexibility index (Phi) is 3.10. The summed E-state index contributed by atoms with van der Waals surface area (Å²) in [6.07, 6.45) is 4.45. The van der Waals surface area contributed by atoms with Crippen LogP contribution >= 0.6 is 15.9 Å². The van der Waals surface area contributed by atoms with Gasteiger partial charge in [0.2, 0.25) is 0 Å². The highest BCUT2D eigenvalue weighted by atomic mass is 79.9. The summed E-state index contributed by atoms with van der Waals surface area (Å²) in [6.45, 7) is 1.91. The van der Waals surface area contributed by atoms with Crippen LogP contribution in [0.2, 0.25) is 0 Å². The van der Waals surface area contributed by atoms with Crippen LogP contribution in [0.15, 0.2) is 41.4 Å². The van der Waals surface area contributed by atoms with Crippen LogP contribution in [0.4, 0.5) is 0 Å². The molecule has 0 bridgehead atoms. The molecule has 2 rings (SSSR count). The van der Waals surface area contributed by atoms with Crippen molar-refractivity contribution in [2.45, 2.75) is 6.92 Å². The summed E-state index contributed by atoms with van der Waals surface area (Å²) in [5.74, 6) is -0.0561. The standard InChI is InChI=1S/C12H9BrN2O/c1-8-2-3-10(13)4-11(8)12(16)9-5-14-7-15-6-9/h2-7H,1H3. The van der Waals surface area contributed by atoms with E-state index in [0.29, 0.717) is 11.1 Å². The van der Waals surface area contributed by atoms with Crippen molar-refractivity contribution in [1.82, 2.24) is 9.97 Å². The second-order valence-corrected chi connectivity index (χ2v) is 4.33. The second kappa shape index (κ2) is 4.53. The third kappa shape index (κ3) is 2.17. The van der Waals surface area contributed by atoms with Crippen molar-refractivity contribution < 1.29 is 4.79 Å². The first-order valence-electron chi connectivity index (χ1n) is 4.74. The van der Waals surface area contributed by atoms with E-state index in [-0.39, 0.29) is 5.78 Å². The first-order valence-corrected chi connectivity index (χ1v) is 5.53. The number of hydrogen-bond acceptors (Lipinski definition) is 3. The van der Waals surface area contributed by atoms with Crippen LogP contribution in [0.5, 0.6) is 0 Å². The summed E-state index contributed by atoms with van der Waals surface area (Å²) in [7, 11) is 0. The molecular formula is C12H9BrN2O. The van der Waals surface area contributed by atoms with Crippen molar-refractivity contribution >= 4 is 21.7 Å². The number of carbonyl (C=O) groups excluding carboxylic acids is 1. The van der Waals surface area contributed by atoms with E-state index in [0.717, 1.165) is 10.0 Å². The van der Waals surface area contributed by atoms with Crippen LogP contribution in [0.25, 0.3) is 0 Å². The van der Waals surface area contributed by atoms with Gasteiger partial charge in [-0.1, -0.05) is 22.0 Å². The van der Waals surface area contributed by atoms with Crippen molar-refractivity contribution in [1.29, 1.82) is 0 Å². The van der Waals surface area contributed by atoms with E-state index in [1.54, 1.807) is 0 Å². The van der Waals surface area contributed by atoms with Crippen LogP contribution in [0, 0.1) is 6.92 Å². The SMILES string of the molecule is Cc1ccc(Br)cc1C(=O)c1cncnc1. The molecular weight excluding hydrogens is 268 g/mol. The van der Waals surface area contributed by atoms with Crippen LogP contribution in [-0.2, 0) is 0 Å². The topological polar surface area (TPSA) is 42.9 Å². The largest absolute Gasteiger partial charge is 0.288 e. The molecule has 0 fully saturated rings. The maximum atomic E-state index is 12.1. The molecule has 0 amide bonds. The van der Waals surface area contributed by atoms with Gasteiger partial charge in [-0.2, -0.15) is 0 Å². The van der Waals surface area contributed by atoms with Crippen molar-refractivity contribution in [2.24, 2.45) is 0 Å². The summed E-state index contributed by atoms with van der Waals surface area (Å²) >= 11 is 3.35. The van der Waals surface area contributed by atoms with Gasteiger partial charge in [-0.25, -0.2) is 9.97 Å². The molecule has 0 aliphatic carbocycles. The number of aromatic nitrogens is 2. The smallest absolute Gasteiger partial charge is 0.196 e. The third-order valence-electron chi connectivity index (χ3n) is 2.27. The predicted octanol–water partition coefficient (Wildman–Crippen LogP) is 2.78. The molecule has 0 aliphatic heterocycles. The van der Waals surface area contributed by atoms with Crippen LogP contribution in [0.3, 0.4) is 0 Å². The maximum absolute atomic E-state index is 12.1. The Morgan fingerprint density at radius 3 is 2.62 bits per heavy atom. The fourth-order valence-electron chi connectivity index (χ4n) is 1.41. The molecule has 1 aromatic carbocycles. The molecule has 0 unspecified atom stereocenters. The lowest BCUT2D eigenvalue weighted by Crippen LogP contribution is -2.04. The summed E-state index contributed by atoms with van der Waals surface area (Å²) < 4.78 is 0.887. The van der Waals surface area contributed by atoms with Gasteiger partial charge in [0, 0.05) is 22.4 Å². The zero-order chi connectivity index (χ0) is 11.5. The Morgan fingerprint density at radius 1 is 1.25 bits per heavy atom. The average molecular weight is 277 g/mol. The van der Waals surface area contributed by atoms with E-state index in [1.165, 1.54) is 18.7 Å². The molecule has 3 nitrogen and oxygen atoms in total. The molecule has 0 radical (unpaired) electrons. The van der Waals surface area contributed by atoms with Crippen LogP contribution in [0.1, 0.15) is 21.5 Å². The summed E-state index contributed by atoms with van der Waals surface area (Å²) in [6, 6.07) is 5.62. The number of halogens is 1. The molecule has 0 spiro atoms. The molecule has 1 aromatic heterocycles. The Bertz CT molecular complexity index is 526. The maximum Gasteiger partial charge on any atom is 0.196 e. The molecule has 2 aromatic rings. The van der Waals surface area contributed by atoms with E-state index in [9.17, 15) is 4.79 Å². The van der Waals surface area contributed by atoms with Crippen molar-refractivity contribution in [3.63, 3.8) is 0 Å². The van der Waals surface area contributed by atoms with Gasteiger partial charge in [-0.05, 0) is 24.6 Å². The van der Waals surface area contributed by atoms with Gasteiger partial charge in [0.05, 0.1) is 5.56 Å². The van der Waals surface area contributed by atoms with Crippen molar-refractivity contribution in [3.8, 4) is 0 Å². The minimum absolute atomic E-state index is 0.0561. The van der Waals surface area contributed by atoms with Gasteiger partial charge in [-0.3, -0.25) is 4.79 Å².